The molecule has 0 saturated carbocycles. The first kappa shape index (κ1) is 9.75. The van der Waals surface area contributed by atoms with E-state index in [1.165, 1.54) is 0 Å². The summed E-state index contributed by atoms with van der Waals surface area (Å²) in [4.78, 5) is 10.9. The predicted octanol–water partition coefficient (Wildman–Crippen LogP) is 3.44. The summed E-state index contributed by atoms with van der Waals surface area (Å²) in [5, 5.41) is -0.426. The normalized spacial score (nSPS) is 10.0. The van der Waals surface area contributed by atoms with Gasteiger partial charge in [-0.05, 0) is 58.6 Å². The third kappa shape index (κ3) is 1.70. The maximum absolute atomic E-state index is 10.9. The summed E-state index contributed by atoms with van der Waals surface area (Å²) in [6, 6.07) is 3.61. The molecule has 0 fully saturated rings. The molecule has 1 rings (SSSR count). The Hall–Kier alpha value is -0.340. The van der Waals surface area contributed by atoms with Gasteiger partial charge >= 0.3 is 0 Å². The van der Waals surface area contributed by atoms with Gasteiger partial charge < -0.3 is 0 Å². The Labute approximate surface area is 84.9 Å². The Morgan fingerprint density at radius 1 is 1.42 bits per heavy atom. The fourth-order valence-corrected chi connectivity index (χ4v) is 1.83. The zero-order chi connectivity index (χ0) is 9.30. The number of aryl methyl sites for hydroxylation is 1. The summed E-state index contributed by atoms with van der Waals surface area (Å²) in [6.07, 6.45) is 0. The molecule has 64 valence electrons. The number of hydrogen-bond donors (Lipinski definition) is 0. The first-order valence-corrected chi connectivity index (χ1v) is 4.66. The van der Waals surface area contributed by atoms with Crippen molar-refractivity contribution < 1.29 is 4.79 Å². The Bertz CT molecular complexity index is 334. The minimum absolute atomic E-state index is 0.426. The largest absolute Gasteiger partial charge is 0.276 e. The van der Waals surface area contributed by atoms with Gasteiger partial charge in [0.2, 0.25) is 0 Å². The van der Waals surface area contributed by atoms with Crippen molar-refractivity contribution in [1.82, 2.24) is 0 Å². The van der Waals surface area contributed by atoms with Crippen LogP contribution < -0.4 is 0 Å². The van der Waals surface area contributed by atoms with Crippen LogP contribution in [-0.4, -0.2) is 5.24 Å². The fraction of sp³-hybridized carbons (Fsp3) is 0.222. The van der Waals surface area contributed by atoms with Crippen LogP contribution in [0.1, 0.15) is 21.5 Å². The Balaban J connectivity index is 3.36. The van der Waals surface area contributed by atoms with Gasteiger partial charge in [-0.2, -0.15) is 0 Å². The number of benzene rings is 1. The molecule has 0 aliphatic heterocycles. The highest BCUT2D eigenvalue weighted by molar-refractivity contribution is 9.10. The van der Waals surface area contributed by atoms with Crippen LogP contribution in [-0.2, 0) is 0 Å². The van der Waals surface area contributed by atoms with Gasteiger partial charge in [0, 0.05) is 10.0 Å². The smallest absolute Gasteiger partial charge is 0.253 e. The average Bonchev–Trinajstić information content (AvgIpc) is 2.00. The van der Waals surface area contributed by atoms with Crippen molar-refractivity contribution in [2.24, 2.45) is 0 Å². The second-order valence-electron chi connectivity index (χ2n) is 2.64. The summed E-state index contributed by atoms with van der Waals surface area (Å²) in [5.74, 6) is 0. The fourth-order valence-electron chi connectivity index (χ4n) is 0.933. The first-order chi connectivity index (χ1) is 5.54. The van der Waals surface area contributed by atoms with E-state index in [9.17, 15) is 4.79 Å². The molecule has 12 heavy (non-hydrogen) atoms. The van der Waals surface area contributed by atoms with E-state index in [0.717, 1.165) is 15.6 Å². The number of halogens is 2. The van der Waals surface area contributed by atoms with Crippen molar-refractivity contribution in [1.29, 1.82) is 0 Å². The van der Waals surface area contributed by atoms with E-state index in [2.05, 4.69) is 15.9 Å². The highest BCUT2D eigenvalue weighted by atomic mass is 79.9. The standard InChI is InChI=1S/C9H8BrClO/c1-5-3-4-7(9(11)12)8(10)6(5)2/h3-4H,1-2H3. The molecule has 3 heteroatoms. The van der Waals surface area contributed by atoms with Gasteiger partial charge in [-0.15, -0.1) is 0 Å². The monoisotopic (exact) mass is 246 g/mol. The van der Waals surface area contributed by atoms with Crippen molar-refractivity contribution in [3.8, 4) is 0 Å². The number of hydrogen-bond acceptors (Lipinski definition) is 1. The molecule has 1 aromatic rings. The summed E-state index contributed by atoms with van der Waals surface area (Å²) < 4.78 is 0.794. The van der Waals surface area contributed by atoms with Crippen LogP contribution in [0.4, 0.5) is 0 Å². The lowest BCUT2D eigenvalue weighted by Crippen LogP contribution is -1.94. The summed E-state index contributed by atoms with van der Waals surface area (Å²) >= 11 is 8.69. The molecular formula is C9H8BrClO. The molecule has 0 spiro atoms. The van der Waals surface area contributed by atoms with E-state index in [0.29, 0.717) is 5.56 Å². The van der Waals surface area contributed by atoms with E-state index in [4.69, 9.17) is 11.6 Å². The lowest BCUT2D eigenvalue weighted by Gasteiger charge is -2.05. The second-order valence-corrected chi connectivity index (χ2v) is 3.78. The van der Waals surface area contributed by atoms with Crippen LogP contribution >= 0.6 is 27.5 Å². The Morgan fingerprint density at radius 2 is 2.00 bits per heavy atom. The molecule has 0 bridgehead atoms. The molecule has 0 heterocycles. The minimum Gasteiger partial charge on any atom is -0.276 e. The van der Waals surface area contributed by atoms with E-state index in [1.54, 1.807) is 6.07 Å². The second kappa shape index (κ2) is 3.58. The third-order valence-electron chi connectivity index (χ3n) is 1.87. The topological polar surface area (TPSA) is 17.1 Å². The molecule has 0 atom stereocenters. The lowest BCUT2D eigenvalue weighted by atomic mass is 10.1. The van der Waals surface area contributed by atoms with Gasteiger partial charge in [-0.3, -0.25) is 4.79 Å². The van der Waals surface area contributed by atoms with E-state index < -0.39 is 5.24 Å². The van der Waals surface area contributed by atoms with Crippen molar-refractivity contribution >= 4 is 32.8 Å². The Kier molecular flexibility index (Phi) is 2.91. The molecule has 0 N–H and O–H groups in total. The van der Waals surface area contributed by atoms with Gasteiger partial charge in [-0.1, -0.05) is 6.07 Å². The molecule has 0 radical (unpaired) electrons. The molecule has 1 aromatic carbocycles. The quantitative estimate of drug-likeness (QED) is 0.695. The van der Waals surface area contributed by atoms with Gasteiger partial charge in [0.1, 0.15) is 0 Å². The highest BCUT2D eigenvalue weighted by Gasteiger charge is 2.09. The van der Waals surface area contributed by atoms with Crippen LogP contribution in [0.25, 0.3) is 0 Å². The molecule has 0 aliphatic carbocycles. The SMILES string of the molecule is Cc1ccc(C(=O)Cl)c(Br)c1C. The minimum atomic E-state index is -0.426. The van der Waals surface area contributed by atoms with E-state index >= 15 is 0 Å². The van der Waals surface area contributed by atoms with Gasteiger partial charge in [0.05, 0.1) is 0 Å². The Morgan fingerprint density at radius 3 is 2.50 bits per heavy atom. The zero-order valence-corrected chi connectivity index (χ0v) is 9.16. The molecule has 0 unspecified atom stereocenters. The van der Waals surface area contributed by atoms with Crippen molar-refractivity contribution in [3.05, 3.63) is 33.3 Å². The maximum atomic E-state index is 10.9. The van der Waals surface area contributed by atoms with Crippen molar-refractivity contribution in [2.75, 3.05) is 0 Å². The van der Waals surface area contributed by atoms with Crippen molar-refractivity contribution in [2.45, 2.75) is 13.8 Å². The van der Waals surface area contributed by atoms with Crippen LogP contribution in [0.15, 0.2) is 16.6 Å². The summed E-state index contributed by atoms with van der Waals surface area (Å²) in [6.45, 7) is 3.94. The summed E-state index contributed by atoms with van der Waals surface area (Å²) in [7, 11) is 0. The van der Waals surface area contributed by atoms with E-state index in [-0.39, 0.29) is 0 Å². The zero-order valence-electron chi connectivity index (χ0n) is 6.82. The molecule has 0 aromatic heterocycles. The number of carbonyl (C=O) groups is 1. The van der Waals surface area contributed by atoms with Crippen LogP contribution in [0.2, 0.25) is 0 Å². The van der Waals surface area contributed by atoms with Crippen LogP contribution in [0, 0.1) is 13.8 Å². The molecular weight excluding hydrogens is 239 g/mol. The van der Waals surface area contributed by atoms with Crippen LogP contribution in [0.5, 0.6) is 0 Å². The molecule has 0 saturated heterocycles. The van der Waals surface area contributed by atoms with Gasteiger partial charge in [-0.25, -0.2) is 0 Å². The van der Waals surface area contributed by atoms with Gasteiger partial charge in [0.25, 0.3) is 5.24 Å². The molecule has 1 nitrogen and oxygen atoms in total. The highest BCUT2D eigenvalue weighted by Crippen LogP contribution is 2.25. The third-order valence-corrected chi connectivity index (χ3v) is 3.09. The first-order valence-electron chi connectivity index (χ1n) is 3.49. The van der Waals surface area contributed by atoms with E-state index in [1.807, 2.05) is 19.9 Å². The lowest BCUT2D eigenvalue weighted by molar-refractivity contribution is 0.108. The summed E-state index contributed by atoms with van der Waals surface area (Å²) in [5.41, 5.74) is 2.73. The molecule has 0 amide bonds. The van der Waals surface area contributed by atoms with Crippen molar-refractivity contribution in [3.63, 3.8) is 0 Å². The maximum Gasteiger partial charge on any atom is 0.253 e. The average molecular weight is 248 g/mol. The molecule has 0 aliphatic rings. The predicted molar refractivity (Wildman–Crippen MR) is 53.8 cm³/mol. The number of carbonyl (C=O) groups excluding carboxylic acids is 1. The number of rotatable bonds is 1. The van der Waals surface area contributed by atoms with Crippen LogP contribution in [0.3, 0.4) is 0 Å². The van der Waals surface area contributed by atoms with Gasteiger partial charge in [0.15, 0.2) is 0 Å².